The van der Waals surface area contributed by atoms with E-state index < -0.39 is 17.9 Å². The average Bonchev–Trinajstić information content (AvgIpc) is 2.31. The van der Waals surface area contributed by atoms with Crippen molar-refractivity contribution < 1.29 is 13.2 Å². The molecule has 92 valence electrons. The van der Waals surface area contributed by atoms with Gasteiger partial charge in [0.25, 0.3) is 6.43 Å². The third kappa shape index (κ3) is 9.38. The molecule has 0 rings (SSSR count). The van der Waals surface area contributed by atoms with E-state index in [9.17, 15) is 13.2 Å². The van der Waals surface area contributed by atoms with Crippen molar-refractivity contribution in [3.05, 3.63) is 23.7 Å². The minimum atomic E-state index is -2.70. The first-order valence-electron chi connectivity index (χ1n) is 5.02. The monoisotopic (exact) mass is 225 g/mol. The van der Waals surface area contributed by atoms with Crippen LogP contribution in [0.25, 0.3) is 0 Å². The maximum atomic E-state index is 12.5. The fourth-order valence-corrected chi connectivity index (χ4v) is 0.492. The van der Waals surface area contributed by atoms with E-state index >= 15 is 0 Å². The number of halogens is 3. The van der Waals surface area contributed by atoms with Crippen LogP contribution in [0.15, 0.2) is 23.7 Å². The smallest absolute Gasteiger partial charge is 0.263 e. The van der Waals surface area contributed by atoms with E-state index in [4.69, 9.17) is 0 Å². The van der Waals surface area contributed by atoms with Crippen LogP contribution in [0.1, 0.15) is 34.6 Å². The topological polar surface area (TPSA) is 12.0 Å². The van der Waals surface area contributed by atoms with Gasteiger partial charge in [0.1, 0.15) is 0 Å². The lowest BCUT2D eigenvalue weighted by molar-refractivity contribution is 0.192. The molecule has 0 aliphatic rings. The minimum Gasteiger partial charge on any atom is -0.365 e. The lowest BCUT2D eigenvalue weighted by atomic mass is 10.1. The first-order chi connectivity index (χ1) is 7.00. The van der Waals surface area contributed by atoms with Crippen molar-refractivity contribution in [1.82, 2.24) is 5.32 Å². The molecule has 0 heterocycles. The molecule has 4 heteroatoms. The fraction of sp³-hybridized carbons (Fsp3) is 0.636. The number of alkyl halides is 2. The lowest BCUT2D eigenvalue weighted by Gasteiger charge is -2.05. The van der Waals surface area contributed by atoms with Gasteiger partial charge in [-0.15, -0.1) is 0 Å². The molecule has 0 fully saturated rings. The summed E-state index contributed by atoms with van der Waals surface area (Å²) in [6, 6.07) is 0. The van der Waals surface area contributed by atoms with Crippen molar-refractivity contribution >= 4 is 0 Å². The van der Waals surface area contributed by atoms with E-state index in [1.165, 1.54) is 14.0 Å². The molecule has 0 aliphatic heterocycles. The summed E-state index contributed by atoms with van der Waals surface area (Å²) in [5.41, 5.74) is -0.626. The largest absolute Gasteiger partial charge is 0.365 e. The Kier molecular flexibility index (Phi) is 17.1. The Labute approximate surface area is 91.1 Å². The average molecular weight is 225 g/mol. The van der Waals surface area contributed by atoms with Gasteiger partial charge in [0.05, 0.1) is 0 Å². The Morgan fingerprint density at radius 1 is 1.13 bits per heavy atom. The first kappa shape index (κ1) is 19.6. The van der Waals surface area contributed by atoms with E-state index in [0.29, 0.717) is 0 Å². The van der Waals surface area contributed by atoms with E-state index in [2.05, 4.69) is 11.9 Å². The summed E-state index contributed by atoms with van der Waals surface area (Å²) in [5.74, 6) is -0.768. The van der Waals surface area contributed by atoms with E-state index in [1.54, 1.807) is 0 Å². The highest BCUT2D eigenvalue weighted by atomic mass is 19.3. The molecule has 0 bridgehead atoms. The molecule has 0 spiro atoms. The molecule has 0 unspecified atom stereocenters. The van der Waals surface area contributed by atoms with Crippen LogP contribution in [0, 0.1) is 0 Å². The summed E-state index contributed by atoms with van der Waals surface area (Å²) in [7, 11) is 1.32. The van der Waals surface area contributed by atoms with Crippen molar-refractivity contribution in [2.45, 2.75) is 41.0 Å². The van der Waals surface area contributed by atoms with Gasteiger partial charge in [-0.1, -0.05) is 34.3 Å². The summed E-state index contributed by atoms with van der Waals surface area (Å²) in [6.45, 7) is 12.3. The maximum Gasteiger partial charge on any atom is 0.263 e. The molecular formula is C11H22F3N. The molecule has 0 atom stereocenters. The first-order valence-corrected chi connectivity index (χ1v) is 5.02. The highest BCUT2D eigenvalue weighted by molar-refractivity contribution is 5.29. The molecule has 0 saturated carbocycles. The van der Waals surface area contributed by atoms with Gasteiger partial charge in [0, 0.05) is 18.2 Å². The van der Waals surface area contributed by atoms with E-state index in [-0.39, 0.29) is 5.57 Å². The Hall–Kier alpha value is -0.930. The van der Waals surface area contributed by atoms with Crippen LogP contribution in [-0.4, -0.2) is 13.5 Å². The predicted molar refractivity (Wildman–Crippen MR) is 60.7 cm³/mol. The molecule has 0 aromatic rings. The fourth-order valence-electron chi connectivity index (χ4n) is 0.492. The Morgan fingerprint density at radius 2 is 1.47 bits per heavy atom. The Bertz CT molecular complexity index is 186. The molecule has 1 nitrogen and oxygen atoms in total. The second-order valence-electron chi connectivity index (χ2n) is 2.01. The minimum absolute atomic E-state index is 0.137. The van der Waals surface area contributed by atoms with Crippen LogP contribution in [0.4, 0.5) is 13.2 Å². The van der Waals surface area contributed by atoms with Gasteiger partial charge in [-0.05, 0) is 6.92 Å². The zero-order chi connectivity index (χ0) is 13.0. The van der Waals surface area contributed by atoms with Crippen LogP contribution in [0.5, 0.6) is 0 Å². The molecular weight excluding hydrogens is 203 g/mol. The van der Waals surface area contributed by atoms with Crippen LogP contribution < -0.4 is 5.32 Å². The van der Waals surface area contributed by atoms with E-state index in [1.807, 2.05) is 27.7 Å². The van der Waals surface area contributed by atoms with Crippen molar-refractivity contribution in [2.24, 2.45) is 0 Å². The van der Waals surface area contributed by atoms with Crippen molar-refractivity contribution in [3.8, 4) is 0 Å². The Balaban J connectivity index is -0.000000318. The van der Waals surface area contributed by atoms with E-state index in [0.717, 1.165) is 0 Å². The van der Waals surface area contributed by atoms with Crippen molar-refractivity contribution in [1.29, 1.82) is 0 Å². The van der Waals surface area contributed by atoms with Crippen molar-refractivity contribution in [2.75, 3.05) is 7.05 Å². The van der Waals surface area contributed by atoms with Gasteiger partial charge >= 0.3 is 0 Å². The third-order valence-electron chi connectivity index (χ3n) is 1.29. The molecule has 0 aromatic carbocycles. The highest BCUT2D eigenvalue weighted by Crippen LogP contribution is 2.18. The Morgan fingerprint density at radius 3 is 1.67 bits per heavy atom. The summed E-state index contributed by atoms with van der Waals surface area (Å²) >= 11 is 0. The molecule has 0 radical (unpaired) electrons. The lowest BCUT2D eigenvalue weighted by Crippen LogP contribution is -2.07. The van der Waals surface area contributed by atoms with Crippen molar-refractivity contribution in [3.63, 3.8) is 0 Å². The molecule has 0 aliphatic carbocycles. The maximum absolute atomic E-state index is 12.5. The van der Waals surface area contributed by atoms with Gasteiger partial charge < -0.3 is 5.32 Å². The molecule has 0 saturated heterocycles. The summed E-state index contributed by atoms with van der Waals surface area (Å²) < 4.78 is 36.2. The SMILES string of the molecule is C=C(/C(C)=C(/F)NC)C(F)F.CC.CC. The number of rotatable bonds is 3. The third-order valence-corrected chi connectivity index (χ3v) is 1.29. The summed E-state index contributed by atoms with van der Waals surface area (Å²) in [4.78, 5) is 0. The van der Waals surface area contributed by atoms with Crippen LogP contribution in [0.2, 0.25) is 0 Å². The second-order valence-corrected chi connectivity index (χ2v) is 2.01. The summed E-state index contributed by atoms with van der Waals surface area (Å²) in [6.07, 6.45) is -2.70. The predicted octanol–water partition coefficient (Wildman–Crippen LogP) is 4.28. The zero-order valence-electron chi connectivity index (χ0n) is 10.4. The van der Waals surface area contributed by atoms with Gasteiger partial charge in [-0.25, -0.2) is 8.78 Å². The molecule has 0 amide bonds. The van der Waals surface area contributed by atoms with Crippen LogP contribution >= 0.6 is 0 Å². The second kappa shape index (κ2) is 13.1. The van der Waals surface area contributed by atoms with Gasteiger partial charge in [0.2, 0.25) is 0 Å². The summed E-state index contributed by atoms with van der Waals surface area (Å²) in [5, 5.41) is 2.12. The molecule has 0 aromatic heterocycles. The standard InChI is InChI=1S/C7H10F3N.2C2H6/c1-4(6(8)9)5(2)7(10)11-3;2*1-2/h6,11H,1H2,2-3H3;2*1-2H3/b7-5-;;. The van der Waals surface area contributed by atoms with Crippen LogP contribution in [-0.2, 0) is 0 Å². The highest BCUT2D eigenvalue weighted by Gasteiger charge is 2.13. The van der Waals surface area contributed by atoms with Gasteiger partial charge in [0.15, 0.2) is 5.95 Å². The molecule has 1 N–H and O–H groups in total. The quantitative estimate of drug-likeness (QED) is 0.558. The molecule has 15 heavy (non-hydrogen) atoms. The number of hydrogen-bond acceptors (Lipinski definition) is 1. The number of allylic oxidation sites excluding steroid dienone is 2. The normalized spacial score (nSPS) is 10.3. The number of nitrogens with one attached hydrogen (secondary N) is 1. The van der Waals surface area contributed by atoms with Gasteiger partial charge in [-0.2, -0.15) is 4.39 Å². The van der Waals surface area contributed by atoms with Crippen LogP contribution in [0.3, 0.4) is 0 Å². The van der Waals surface area contributed by atoms with Gasteiger partial charge in [-0.3, -0.25) is 0 Å². The number of hydrogen-bond donors (Lipinski definition) is 1. The zero-order valence-corrected chi connectivity index (χ0v) is 10.4.